The average Bonchev–Trinajstić information content (AvgIpc) is 2.59. The fourth-order valence-corrected chi connectivity index (χ4v) is 2.84. The fourth-order valence-electron chi connectivity index (χ4n) is 2.84. The van der Waals surface area contributed by atoms with Crippen molar-refractivity contribution in [3.05, 3.63) is 59.8 Å². The van der Waals surface area contributed by atoms with Crippen molar-refractivity contribution in [1.82, 2.24) is 9.97 Å². The van der Waals surface area contributed by atoms with Gasteiger partial charge in [0, 0.05) is 46.7 Å². The normalized spacial score (nSPS) is 11.0. The number of carboxylic acid groups (broad SMARTS) is 1. The maximum absolute atomic E-state index is 11.6. The zero-order valence-electron chi connectivity index (χ0n) is 12.9. The largest absolute Gasteiger partial charge is 0.476 e. The highest BCUT2D eigenvalue weighted by Crippen LogP contribution is 2.40. The van der Waals surface area contributed by atoms with Crippen LogP contribution in [0.4, 0.5) is 5.69 Å². The van der Waals surface area contributed by atoms with E-state index in [0.29, 0.717) is 33.5 Å². The fraction of sp³-hybridized carbons (Fsp3) is 0. The SMILES string of the molecule is N=c1ccc2c(-c3nccnc3C(=O)O)c3ccc(N)cc3oc-2c1. The van der Waals surface area contributed by atoms with Gasteiger partial charge < -0.3 is 20.7 Å². The number of fused-ring (bicyclic) bond motifs is 2. The molecule has 0 amide bonds. The zero-order valence-corrected chi connectivity index (χ0v) is 12.9. The van der Waals surface area contributed by atoms with Gasteiger partial charge in [0.1, 0.15) is 17.0 Å². The molecule has 7 nitrogen and oxygen atoms in total. The quantitative estimate of drug-likeness (QED) is 0.383. The van der Waals surface area contributed by atoms with Crippen LogP contribution in [0.1, 0.15) is 10.5 Å². The molecule has 1 aliphatic carbocycles. The number of hydrogen-bond donors (Lipinski definition) is 3. The highest BCUT2D eigenvalue weighted by atomic mass is 16.4. The van der Waals surface area contributed by atoms with E-state index in [2.05, 4.69) is 9.97 Å². The summed E-state index contributed by atoms with van der Waals surface area (Å²) in [7, 11) is 0. The van der Waals surface area contributed by atoms with Gasteiger partial charge in [0.2, 0.25) is 0 Å². The number of carboxylic acids is 1. The van der Waals surface area contributed by atoms with Crippen molar-refractivity contribution in [1.29, 1.82) is 5.41 Å². The minimum Gasteiger partial charge on any atom is -0.476 e. The molecule has 25 heavy (non-hydrogen) atoms. The van der Waals surface area contributed by atoms with Gasteiger partial charge in [0.15, 0.2) is 5.69 Å². The van der Waals surface area contributed by atoms with Gasteiger partial charge >= 0.3 is 5.97 Å². The van der Waals surface area contributed by atoms with Gasteiger partial charge in [-0.15, -0.1) is 0 Å². The van der Waals surface area contributed by atoms with Crippen molar-refractivity contribution in [2.24, 2.45) is 0 Å². The second-order valence-corrected chi connectivity index (χ2v) is 5.50. The molecule has 0 fully saturated rings. The summed E-state index contributed by atoms with van der Waals surface area (Å²) in [6.45, 7) is 0. The smallest absolute Gasteiger partial charge is 0.356 e. The van der Waals surface area contributed by atoms with Crippen LogP contribution in [0.5, 0.6) is 0 Å². The molecule has 0 saturated carbocycles. The molecule has 1 aliphatic heterocycles. The Morgan fingerprint density at radius 1 is 1.12 bits per heavy atom. The summed E-state index contributed by atoms with van der Waals surface area (Å²) in [6.07, 6.45) is 2.78. The van der Waals surface area contributed by atoms with Crippen LogP contribution in [0, 0.1) is 5.41 Å². The van der Waals surface area contributed by atoms with Crippen molar-refractivity contribution in [2.75, 3.05) is 5.73 Å². The van der Waals surface area contributed by atoms with E-state index in [1.807, 2.05) is 0 Å². The first-order valence-electron chi connectivity index (χ1n) is 7.40. The molecule has 2 aliphatic rings. The Morgan fingerprint density at radius 3 is 2.72 bits per heavy atom. The maximum atomic E-state index is 11.6. The predicted molar refractivity (Wildman–Crippen MR) is 91.1 cm³/mol. The topological polar surface area (TPSA) is 126 Å². The Hall–Kier alpha value is -3.74. The number of carbonyl (C=O) groups is 1. The van der Waals surface area contributed by atoms with E-state index < -0.39 is 5.97 Å². The molecule has 4 rings (SSSR count). The molecule has 0 atom stereocenters. The average molecular weight is 332 g/mol. The molecule has 2 heterocycles. The van der Waals surface area contributed by atoms with E-state index in [-0.39, 0.29) is 16.7 Å². The molecule has 0 spiro atoms. The van der Waals surface area contributed by atoms with Gasteiger partial charge in [-0.25, -0.2) is 9.78 Å². The van der Waals surface area contributed by atoms with Crippen LogP contribution in [0.2, 0.25) is 0 Å². The minimum absolute atomic E-state index is 0.150. The van der Waals surface area contributed by atoms with Crippen molar-refractivity contribution < 1.29 is 14.3 Å². The molecule has 0 saturated heterocycles. The third kappa shape index (κ3) is 2.38. The molecule has 0 radical (unpaired) electrons. The number of hydrogen-bond acceptors (Lipinski definition) is 6. The summed E-state index contributed by atoms with van der Waals surface area (Å²) >= 11 is 0. The molecule has 0 bridgehead atoms. The van der Waals surface area contributed by atoms with Crippen molar-refractivity contribution in [2.45, 2.75) is 0 Å². The second kappa shape index (κ2) is 5.41. The van der Waals surface area contributed by atoms with Crippen LogP contribution in [0.25, 0.3) is 33.6 Å². The summed E-state index contributed by atoms with van der Waals surface area (Å²) in [5.41, 5.74) is 8.17. The first-order valence-corrected chi connectivity index (χ1v) is 7.40. The lowest BCUT2D eigenvalue weighted by molar-refractivity contribution is 0.0691. The molecular weight excluding hydrogens is 320 g/mol. The third-order valence-corrected chi connectivity index (χ3v) is 3.88. The zero-order chi connectivity index (χ0) is 17.6. The van der Waals surface area contributed by atoms with E-state index in [1.165, 1.54) is 12.4 Å². The van der Waals surface area contributed by atoms with E-state index >= 15 is 0 Å². The predicted octanol–water partition coefficient (Wildman–Crippen LogP) is 2.75. The van der Waals surface area contributed by atoms with Crippen LogP contribution in [-0.4, -0.2) is 21.0 Å². The summed E-state index contributed by atoms with van der Waals surface area (Å²) in [6, 6.07) is 10.0. The lowest BCUT2D eigenvalue weighted by atomic mass is 9.95. The van der Waals surface area contributed by atoms with E-state index in [0.717, 1.165) is 0 Å². The third-order valence-electron chi connectivity index (χ3n) is 3.88. The molecule has 7 heteroatoms. The number of nitrogens with one attached hydrogen (secondary N) is 1. The van der Waals surface area contributed by atoms with Gasteiger partial charge in [-0.3, -0.25) is 4.98 Å². The van der Waals surface area contributed by atoms with Crippen molar-refractivity contribution >= 4 is 22.6 Å². The van der Waals surface area contributed by atoms with Crippen LogP contribution < -0.4 is 11.1 Å². The van der Waals surface area contributed by atoms with E-state index in [1.54, 1.807) is 36.4 Å². The number of benzene rings is 2. The first kappa shape index (κ1) is 14.8. The Labute approximate surface area is 141 Å². The molecule has 1 aromatic carbocycles. The highest BCUT2D eigenvalue weighted by molar-refractivity contribution is 6.05. The summed E-state index contributed by atoms with van der Waals surface area (Å²) in [4.78, 5) is 19.8. The van der Waals surface area contributed by atoms with Gasteiger partial charge in [0.25, 0.3) is 0 Å². The number of nitrogens with zero attached hydrogens (tertiary/aromatic N) is 2. The number of anilines is 1. The number of aromatic nitrogens is 2. The standard InChI is InChI=1S/C18H12N4O3/c19-9-1-3-11-13(7-9)25-14-8-10(20)2-4-12(14)15(11)16-17(18(23)24)22-6-5-21-16/h1-8,19H,20H2,(H,23,24). The van der Waals surface area contributed by atoms with E-state index in [4.69, 9.17) is 15.6 Å². The molecule has 1 aromatic heterocycles. The summed E-state index contributed by atoms with van der Waals surface area (Å²) in [5.74, 6) is -0.722. The van der Waals surface area contributed by atoms with Crippen molar-refractivity contribution in [3.63, 3.8) is 0 Å². The first-order chi connectivity index (χ1) is 12.0. The van der Waals surface area contributed by atoms with Crippen LogP contribution in [0.3, 0.4) is 0 Å². The van der Waals surface area contributed by atoms with Gasteiger partial charge in [-0.1, -0.05) is 0 Å². The Bertz CT molecular complexity index is 1170. The molecule has 0 unspecified atom stereocenters. The molecule has 122 valence electrons. The minimum atomic E-state index is -1.17. The Kier molecular flexibility index (Phi) is 3.21. The molecular formula is C18H12N4O3. The van der Waals surface area contributed by atoms with Gasteiger partial charge in [-0.05, 0) is 24.3 Å². The van der Waals surface area contributed by atoms with Crippen LogP contribution in [0.15, 0.2) is 53.2 Å². The van der Waals surface area contributed by atoms with Crippen LogP contribution >= 0.6 is 0 Å². The monoisotopic (exact) mass is 332 g/mol. The number of nitrogens with two attached hydrogens (primary N) is 1. The van der Waals surface area contributed by atoms with Gasteiger partial charge in [-0.2, -0.15) is 0 Å². The summed E-state index contributed by atoms with van der Waals surface area (Å²) < 4.78 is 5.87. The summed E-state index contributed by atoms with van der Waals surface area (Å²) in [5, 5.41) is 18.2. The maximum Gasteiger partial charge on any atom is 0.356 e. The Morgan fingerprint density at radius 2 is 1.92 bits per heavy atom. The number of aromatic carboxylic acids is 1. The van der Waals surface area contributed by atoms with Crippen molar-refractivity contribution in [3.8, 4) is 22.6 Å². The van der Waals surface area contributed by atoms with Crippen LogP contribution in [-0.2, 0) is 0 Å². The Balaban J connectivity index is 2.22. The van der Waals surface area contributed by atoms with Gasteiger partial charge in [0.05, 0.1) is 5.36 Å². The molecule has 2 aromatic rings. The number of rotatable bonds is 2. The van der Waals surface area contributed by atoms with E-state index in [9.17, 15) is 9.90 Å². The second-order valence-electron chi connectivity index (χ2n) is 5.50. The highest BCUT2D eigenvalue weighted by Gasteiger charge is 2.23. The lowest BCUT2D eigenvalue weighted by Gasteiger charge is -2.15. The lowest BCUT2D eigenvalue weighted by Crippen LogP contribution is -2.07. The number of nitrogen functional groups attached to an aromatic ring is 1. The molecule has 4 N–H and O–H groups in total.